The van der Waals surface area contributed by atoms with Crippen LogP contribution in [0.1, 0.15) is 90.9 Å². The molecule has 0 radical (unpaired) electrons. The van der Waals surface area contributed by atoms with E-state index >= 15 is 0 Å². The lowest BCUT2D eigenvalue weighted by Crippen LogP contribution is -1.93. The highest BCUT2D eigenvalue weighted by atomic mass is 16.6. The largest absolute Gasteiger partial charge is 0.369 e. The number of hydrogen-bond donors (Lipinski definition) is 0. The minimum Gasteiger partial charge on any atom is -0.369 e. The number of hydrogen-bond acceptors (Lipinski definition) is 1. The van der Waals surface area contributed by atoms with Crippen molar-refractivity contribution in [3.8, 4) is 11.8 Å². The highest BCUT2D eigenvalue weighted by molar-refractivity contribution is 5.04. The highest BCUT2D eigenvalue weighted by Crippen LogP contribution is 2.29. The molecule has 110 valence electrons. The molecule has 0 saturated carbocycles. The van der Waals surface area contributed by atoms with Crippen LogP contribution in [0, 0.1) is 11.8 Å². The van der Waals surface area contributed by atoms with Crippen LogP contribution in [-0.2, 0) is 4.74 Å². The summed E-state index contributed by atoms with van der Waals surface area (Å²) in [4.78, 5) is 0. The Bertz CT molecular complexity index is 261. The van der Waals surface area contributed by atoms with Crippen LogP contribution in [0.25, 0.3) is 0 Å². The lowest BCUT2D eigenvalue weighted by atomic mass is 10.1. The molecule has 1 fully saturated rings. The first-order chi connectivity index (χ1) is 9.38. The first kappa shape index (κ1) is 16.6. The Labute approximate surface area is 120 Å². The van der Waals surface area contributed by atoms with Gasteiger partial charge in [0, 0.05) is 12.8 Å². The summed E-state index contributed by atoms with van der Waals surface area (Å²) in [6.45, 7) is 4.50. The van der Waals surface area contributed by atoms with Crippen molar-refractivity contribution in [1.82, 2.24) is 0 Å². The fraction of sp³-hybridized carbons (Fsp3) is 0.889. The second kappa shape index (κ2) is 11.4. The maximum absolute atomic E-state index is 5.67. The first-order valence-corrected chi connectivity index (χ1v) is 8.49. The van der Waals surface area contributed by atoms with Gasteiger partial charge in [0.1, 0.15) is 0 Å². The van der Waals surface area contributed by atoms with E-state index in [1.54, 1.807) is 0 Å². The van der Waals surface area contributed by atoms with E-state index < -0.39 is 0 Å². The Hall–Kier alpha value is -0.480. The smallest absolute Gasteiger partial charge is 0.0950 e. The van der Waals surface area contributed by atoms with Crippen molar-refractivity contribution in [3.63, 3.8) is 0 Å². The predicted molar refractivity (Wildman–Crippen MR) is 83.2 cm³/mol. The number of unbranched alkanes of at least 4 members (excludes halogenated alkanes) is 8. The molecule has 2 atom stereocenters. The minimum absolute atomic E-state index is 0.467. The summed E-state index contributed by atoms with van der Waals surface area (Å²) in [5.74, 6) is 6.55. The zero-order valence-corrected chi connectivity index (χ0v) is 13.0. The van der Waals surface area contributed by atoms with Gasteiger partial charge in [0.05, 0.1) is 12.2 Å². The SMILES string of the molecule is CCCCCC#CC[C@@H]1O[C@@H]1CCCCCCCC. The molecule has 1 aliphatic heterocycles. The Morgan fingerprint density at radius 2 is 1.42 bits per heavy atom. The van der Waals surface area contributed by atoms with Gasteiger partial charge in [-0.2, -0.15) is 0 Å². The average molecular weight is 264 g/mol. The van der Waals surface area contributed by atoms with Gasteiger partial charge in [-0.25, -0.2) is 0 Å². The van der Waals surface area contributed by atoms with Gasteiger partial charge in [-0.3, -0.25) is 0 Å². The molecular weight excluding hydrogens is 232 g/mol. The van der Waals surface area contributed by atoms with Crippen LogP contribution in [0.5, 0.6) is 0 Å². The molecule has 19 heavy (non-hydrogen) atoms. The molecule has 1 heterocycles. The summed E-state index contributed by atoms with van der Waals surface area (Å²) >= 11 is 0. The normalized spacial score (nSPS) is 20.9. The zero-order valence-electron chi connectivity index (χ0n) is 13.0. The lowest BCUT2D eigenvalue weighted by Gasteiger charge is -1.98. The maximum Gasteiger partial charge on any atom is 0.0950 e. The van der Waals surface area contributed by atoms with Crippen LogP contribution in [-0.4, -0.2) is 12.2 Å². The molecule has 0 spiro atoms. The second-order valence-electron chi connectivity index (χ2n) is 5.78. The van der Waals surface area contributed by atoms with Crippen LogP contribution >= 0.6 is 0 Å². The van der Waals surface area contributed by atoms with E-state index in [9.17, 15) is 0 Å². The fourth-order valence-corrected chi connectivity index (χ4v) is 2.46. The summed E-state index contributed by atoms with van der Waals surface area (Å²) in [6, 6.07) is 0. The Balaban J connectivity index is 1.85. The molecule has 0 N–H and O–H groups in total. The highest BCUT2D eigenvalue weighted by Gasteiger charge is 2.36. The van der Waals surface area contributed by atoms with Crippen molar-refractivity contribution in [1.29, 1.82) is 0 Å². The second-order valence-corrected chi connectivity index (χ2v) is 5.78. The van der Waals surface area contributed by atoms with Gasteiger partial charge < -0.3 is 4.74 Å². The lowest BCUT2D eigenvalue weighted by molar-refractivity contribution is 0.359. The van der Waals surface area contributed by atoms with E-state index in [4.69, 9.17) is 4.74 Å². The van der Waals surface area contributed by atoms with E-state index in [-0.39, 0.29) is 0 Å². The van der Waals surface area contributed by atoms with Crippen molar-refractivity contribution in [2.24, 2.45) is 0 Å². The van der Waals surface area contributed by atoms with Crippen molar-refractivity contribution in [2.75, 3.05) is 0 Å². The summed E-state index contributed by atoms with van der Waals surface area (Å²) in [6.07, 6.45) is 16.4. The van der Waals surface area contributed by atoms with Crippen LogP contribution < -0.4 is 0 Å². The minimum atomic E-state index is 0.467. The predicted octanol–water partition coefficient (Wildman–Crippen LogP) is 5.48. The molecular formula is C18H32O. The fourth-order valence-electron chi connectivity index (χ4n) is 2.46. The molecule has 0 aromatic carbocycles. The molecule has 0 aromatic rings. The Kier molecular flexibility index (Phi) is 9.91. The summed E-state index contributed by atoms with van der Waals surface area (Å²) in [7, 11) is 0. The Morgan fingerprint density at radius 3 is 2.21 bits per heavy atom. The van der Waals surface area contributed by atoms with Crippen molar-refractivity contribution in [3.05, 3.63) is 0 Å². The van der Waals surface area contributed by atoms with Crippen LogP contribution in [0.3, 0.4) is 0 Å². The number of epoxide rings is 1. The molecule has 0 bridgehead atoms. The van der Waals surface area contributed by atoms with Gasteiger partial charge in [-0.05, 0) is 12.8 Å². The van der Waals surface area contributed by atoms with E-state index in [2.05, 4.69) is 25.7 Å². The molecule has 0 aromatic heterocycles. The maximum atomic E-state index is 5.67. The Morgan fingerprint density at radius 1 is 0.737 bits per heavy atom. The van der Waals surface area contributed by atoms with Gasteiger partial charge in [-0.15, -0.1) is 11.8 Å². The van der Waals surface area contributed by atoms with E-state index in [1.165, 1.54) is 64.2 Å². The molecule has 0 unspecified atom stereocenters. The number of ether oxygens (including phenoxy) is 1. The van der Waals surface area contributed by atoms with E-state index in [1.807, 2.05) is 0 Å². The first-order valence-electron chi connectivity index (χ1n) is 8.49. The molecule has 1 saturated heterocycles. The van der Waals surface area contributed by atoms with Gasteiger partial charge >= 0.3 is 0 Å². The van der Waals surface area contributed by atoms with Gasteiger partial charge in [-0.1, -0.05) is 65.2 Å². The van der Waals surface area contributed by atoms with Gasteiger partial charge in [0.2, 0.25) is 0 Å². The van der Waals surface area contributed by atoms with Gasteiger partial charge in [0.15, 0.2) is 0 Å². The third-order valence-electron chi connectivity index (χ3n) is 3.86. The summed E-state index contributed by atoms with van der Waals surface area (Å²) in [5, 5.41) is 0. The van der Waals surface area contributed by atoms with Crippen LogP contribution in [0.4, 0.5) is 0 Å². The quantitative estimate of drug-likeness (QED) is 0.273. The third kappa shape index (κ3) is 9.11. The molecule has 1 aliphatic rings. The molecule has 1 nitrogen and oxygen atoms in total. The van der Waals surface area contributed by atoms with Crippen LogP contribution in [0.2, 0.25) is 0 Å². The van der Waals surface area contributed by atoms with Crippen molar-refractivity contribution >= 4 is 0 Å². The standard InChI is InChI=1S/C18H32O/c1-3-5-7-9-11-13-15-17-18(19-17)16-14-12-10-8-6-4-2/h17-18H,3-11,13,15-16H2,1-2H3/t17-,18+/m1/s1. The topological polar surface area (TPSA) is 12.5 Å². The molecule has 1 rings (SSSR count). The van der Waals surface area contributed by atoms with Crippen molar-refractivity contribution < 1.29 is 4.74 Å². The third-order valence-corrected chi connectivity index (χ3v) is 3.86. The average Bonchev–Trinajstić information content (AvgIpc) is 3.16. The molecule has 1 heteroatoms. The zero-order chi connectivity index (χ0) is 13.8. The summed E-state index contributed by atoms with van der Waals surface area (Å²) in [5.41, 5.74) is 0. The van der Waals surface area contributed by atoms with Crippen LogP contribution in [0.15, 0.2) is 0 Å². The number of rotatable bonds is 11. The molecule has 0 amide bonds. The van der Waals surface area contributed by atoms with Crippen molar-refractivity contribution in [2.45, 2.75) is 103 Å². The molecule has 0 aliphatic carbocycles. The van der Waals surface area contributed by atoms with E-state index in [0.29, 0.717) is 12.2 Å². The van der Waals surface area contributed by atoms with Gasteiger partial charge in [0.25, 0.3) is 0 Å². The summed E-state index contributed by atoms with van der Waals surface area (Å²) < 4.78 is 5.67. The van der Waals surface area contributed by atoms with E-state index in [0.717, 1.165) is 12.8 Å². The monoisotopic (exact) mass is 264 g/mol.